The molecule has 0 aromatic rings. The Morgan fingerprint density at radius 3 is 1.20 bits per heavy atom. The molecule has 14 saturated carbocycles. The third-order valence-corrected chi connectivity index (χ3v) is 32.6. The number of carboxylic acids is 1. The first-order chi connectivity index (χ1) is 45.1. The molecule has 17 aliphatic rings. The van der Waals surface area contributed by atoms with Crippen LogP contribution in [0.3, 0.4) is 0 Å². The Labute approximate surface area is 559 Å². The van der Waals surface area contributed by atoms with Crippen molar-refractivity contribution in [3.63, 3.8) is 0 Å². The van der Waals surface area contributed by atoms with E-state index in [0.717, 1.165) is 107 Å². The molecule has 17 fully saturated rings. The molecule has 37 atom stereocenters. The van der Waals surface area contributed by atoms with E-state index >= 15 is 0 Å². The summed E-state index contributed by atoms with van der Waals surface area (Å²) in [6.07, 6.45) is 24.8. The normalized spacial score (nSPS) is 51.8. The van der Waals surface area contributed by atoms with E-state index in [2.05, 4.69) is 20.8 Å². The van der Waals surface area contributed by atoms with E-state index in [0.29, 0.717) is 150 Å². The Kier molecular flexibility index (Phi) is 17.3. The summed E-state index contributed by atoms with van der Waals surface area (Å²) in [5.41, 5.74) is -0.414. The summed E-state index contributed by atoms with van der Waals surface area (Å²) in [4.78, 5) is 91.1. The summed E-state index contributed by atoms with van der Waals surface area (Å²) in [6, 6.07) is 0. The van der Waals surface area contributed by atoms with Crippen LogP contribution in [0.1, 0.15) is 190 Å². The average Bonchev–Trinajstić information content (AvgIpc) is 1.63. The van der Waals surface area contributed by atoms with Gasteiger partial charge in [-0.2, -0.15) is 0 Å². The molecule has 17 rings (SSSR count). The number of hydrogen-bond acceptors (Lipinski definition) is 14. The second-order valence-corrected chi connectivity index (χ2v) is 37.2. The summed E-state index contributed by atoms with van der Waals surface area (Å²) in [7, 11) is 1.52. The second-order valence-electron chi connectivity index (χ2n) is 37.2. The van der Waals surface area contributed by atoms with Gasteiger partial charge >= 0.3 is 41.8 Å². The molecule has 1 N–H and O–H groups in total. The van der Waals surface area contributed by atoms with Crippen LogP contribution in [-0.4, -0.2) is 98.2 Å². The van der Waals surface area contributed by atoms with Crippen LogP contribution in [0.25, 0.3) is 0 Å². The van der Waals surface area contributed by atoms with Gasteiger partial charge in [0.15, 0.2) is 0 Å². The van der Waals surface area contributed by atoms with Gasteiger partial charge < -0.3 is 38.3 Å². The minimum Gasteiger partial charge on any atom is -0.481 e. The molecule has 520 valence electrons. The van der Waals surface area contributed by atoms with E-state index in [-0.39, 0.29) is 95.4 Å². The number of epoxide rings is 2. The van der Waals surface area contributed by atoms with Crippen LogP contribution >= 0.6 is 0 Å². The molecule has 15 heteroatoms. The van der Waals surface area contributed by atoms with Gasteiger partial charge in [0.05, 0.1) is 61.7 Å². The first kappa shape index (κ1) is 65.0. The van der Waals surface area contributed by atoms with Gasteiger partial charge in [-0.05, 0) is 328 Å². The number of rotatable bonds is 21. The quantitative estimate of drug-likeness (QED) is 0.0490. The van der Waals surface area contributed by atoms with E-state index in [1.807, 2.05) is 27.7 Å². The van der Waals surface area contributed by atoms with Gasteiger partial charge in [0.2, 0.25) is 0 Å². The van der Waals surface area contributed by atoms with Gasteiger partial charge in [0.1, 0.15) is 31.0 Å². The highest BCUT2D eigenvalue weighted by Gasteiger charge is 2.65. The number of carbonyl (C=O) groups excluding carboxylic acids is 6. The van der Waals surface area contributed by atoms with Gasteiger partial charge in [-0.3, -0.25) is 33.6 Å². The van der Waals surface area contributed by atoms with Crippen molar-refractivity contribution >= 4 is 41.8 Å². The van der Waals surface area contributed by atoms with Crippen LogP contribution in [-0.2, 0) is 66.7 Å². The maximum absolute atomic E-state index is 13.7. The Hall–Kier alpha value is -3.59. The monoisotopic (exact) mass is 1300 g/mol. The number of carbonyl (C=O) groups is 7. The van der Waals surface area contributed by atoms with E-state index in [4.69, 9.17) is 33.2 Å². The molecule has 0 aromatic carbocycles. The first-order valence-corrected chi connectivity index (χ1v) is 38.9. The molecule has 0 radical (unpaired) electrons. The van der Waals surface area contributed by atoms with Gasteiger partial charge in [0.25, 0.3) is 0 Å². The molecule has 0 aromatic heterocycles. The predicted octanol–water partition coefficient (Wildman–Crippen LogP) is 13.0. The Morgan fingerprint density at radius 1 is 0.415 bits per heavy atom. The Morgan fingerprint density at radius 2 is 0.777 bits per heavy atom. The Balaban J connectivity index is 0.000000158. The number of cyclic esters (lactones) is 2. The predicted molar refractivity (Wildman–Crippen MR) is 344 cm³/mol. The SMILES string of the molecule is CC1C2CCC(C2)C1CC1C(CC2C(C)C3CC(C(=O)OC(C)(C)C)C2C3)C2CC(C(=O)OCC3CO3)C1C2.COC(=O)C1CC2CC1C(CC1C3CC(C(=O)O)C(C3)C1CC1C3CC(C(=O)OCC4CO4)C(C3)C1CC1C3CCC(C3)C1CC1C(=O)OC(=O)C1C)C2C. The van der Waals surface area contributed by atoms with Gasteiger partial charge in [-0.15, -0.1) is 0 Å². The van der Waals surface area contributed by atoms with Crippen molar-refractivity contribution in [1.82, 2.24) is 0 Å². The molecule has 94 heavy (non-hydrogen) atoms. The van der Waals surface area contributed by atoms with E-state index in [1.165, 1.54) is 71.3 Å². The molecule has 3 heterocycles. The molecule has 3 aliphatic heterocycles. The zero-order valence-corrected chi connectivity index (χ0v) is 57.9. The average molecular weight is 1300 g/mol. The molecule has 3 saturated heterocycles. The minimum atomic E-state index is -0.634. The van der Waals surface area contributed by atoms with Crippen LogP contribution in [0.2, 0.25) is 0 Å². The number of aliphatic carboxylic acids is 1. The van der Waals surface area contributed by atoms with Gasteiger partial charge in [-0.25, -0.2) is 0 Å². The molecule has 0 spiro atoms. The molecule has 37 unspecified atom stereocenters. The summed E-state index contributed by atoms with van der Waals surface area (Å²) in [5, 5.41) is 10.5. The molecule has 15 nitrogen and oxygen atoms in total. The minimum absolute atomic E-state index is 0.00000753. The number of hydrogen-bond donors (Lipinski definition) is 1. The lowest BCUT2D eigenvalue weighted by Crippen LogP contribution is -2.41. The topological polar surface area (TPSA) is 211 Å². The lowest BCUT2D eigenvalue weighted by Gasteiger charge is -2.44. The fourth-order valence-corrected chi connectivity index (χ4v) is 28.2. The van der Waals surface area contributed by atoms with Crippen LogP contribution in [0.15, 0.2) is 0 Å². The summed E-state index contributed by atoms with van der Waals surface area (Å²) in [6.45, 7) is 17.4. The molecule has 14 bridgehead atoms. The van der Waals surface area contributed by atoms with Crippen molar-refractivity contribution < 1.29 is 71.8 Å². The summed E-state index contributed by atoms with van der Waals surface area (Å²) >= 11 is 0. The highest BCUT2D eigenvalue weighted by molar-refractivity contribution is 5.96. The van der Waals surface area contributed by atoms with E-state index in [1.54, 1.807) is 0 Å². The van der Waals surface area contributed by atoms with Crippen molar-refractivity contribution in [2.24, 2.45) is 207 Å². The van der Waals surface area contributed by atoms with Crippen LogP contribution in [0, 0.1) is 207 Å². The summed E-state index contributed by atoms with van der Waals surface area (Å²) < 4.78 is 38.6. The summed E-state index contributed by atoms with van der Waals surface area (Å²) in [5.74, 6) is 13.2. The molecule has 14 aliphatic carbocycles. The number of carboxylic acid groups (broad SMARTS) is 1. The highest BCUT2D eigenvalue weighted by atomic mass is 16.6. The van der Waals surface area contributed by atoms with E-state index in [9.17, 15) is 38.7 Å². The number of esters is 6. The van der Waals surface area contributed by atoms with Crippen LogP contribution in [0.5, 0.6) is 0 Å². The van der Waals surface area contributed by atoms with Crippen LogP contribution in [0.4, 0.5) is 0 Å². The van der Waals surface area contributed by atoms with Crippen molar-refractivity contribution in [1.29, 1.82) is 0 Å². The zero-order chi connectivity index (χ0) is 65.2. The largest absolute Gasteiger partial charge is 0.481 e. The molecular formula is C79H114O15. The van der Waals surface area contributed by atoms with Gasteiger partial charge in [-0.1, -0.05) is 27.7 Å². The highest BCUT2D eigenvalue weighted by Crippen LogP contribution is 2.70. The molecule has 0 amide bonds. The number of methoxy groups -OCH3 is 1. The maximum Gasteiger partial charge on any atom is 0.317 e. The standard InChI is InChI=1S/C45H62O10.C34H52O5/c1-19-23-7-33(39(8-23)43(49)52-3)27(19)13-31-24-9-34(38(11-24)41(46)47)36(31)16-32-25-10-35(40(12-25)44(50)54-18-26-17-53-26)37(32)15-30-22-5-4-21(6-22)29(30)14-28-20(2)42(48)55-45(28)51;1-17-19-6-7-20(8-19)24(17)13-29-26(22-11-28(29)30(12-22)32(35)38-16-23-15-37-23)14-25-18(2)21-9-27(25)31(10-21)33(36)39-34(3,4)5/h19-40H,4-18H2,1-3H3,(H,46,47);17-31H,6-16H2,1-5H3. The smallest absolute Gasteiger partial charge is 0.317 e. The number of ether oxygens (including phenoxy) is 7. The van der Waals surface area contributed by atoms with Crippen molar-refractivity contribution in [3.8, 4) is 0 Å². The van der Waals surface area contributed by atoms with Crippen molar-refractivity contribution in [2.45, 2.75) is 208 Å². The fraction of sp³-hybridized carbons (Fsp3) is 0.911. The Bertz CT molecular complexity index is 2920. The third kappa shape index (κ3) is 11.6. The van der Waals surface area contributed by atoms with Crippen molar-refractivity contribution in [3.05, 3.63) is 0 Å². The van der Waals surface area contributed by atoms with Gasteiger partial charge in [0, 0.05) is 0 Å². The van der Waals surface area contributed by atoms with E-state index < -0.39 is 17.5 Å². The zero-order valence-electron chi connectivity index (χ0n) is 57.9. The lowest BCUT2D eigenvalue weighted by atomic mass is 9.60. The second kappa shape index (κ2) is 24.9. The lowest BCUT2D eigenvalue weighted by molar-refractivity contribution is -0.163. The molecular weight excluding hydrogens is 1190 g/mol. The van der Waals surface area contributed by atoms with Crippen molar-refractivity contribution in [2.75, 3.05) is 33.5 Å². The third-order valence-electron chi connectivity index (χ3n) is 32.6. The maximum atomic E-state index is 13.7. The first-order valence-electron chi connectivity index (χ1n) is 38.9. The van der Waals surface area contributed by atoms with Crippen LogP contribution < -0.4 is 0 Å². The fourth-order valence-electron chi connectivity index (χ4n) is 28.2. The number of fused-ring (bicyclic) bond motifs is 14.